The van der Waals surface area contributed by atoms with Crippen molar-refractivity contribution in [1.29, 1.82) is 0 Å². The summed E-state index contributed by atoms with van der Waals surface area (Å²) in [6, 6.07) is 5.61. The van der Waals surface area contributed by atoms with Gasteiger partial charge in [-0.3, -0.25) is 4.79 Å². The number of ether oxygens (including phenoxy) is 2. The first kappa shape index (κ1) is 17.6. The highest BCUT2D eigenvalue weighted by molar-refractivity contribution is 5.95. The Kier molecular flexibility index (Phi) is 5.88. The minimum Gasteiger partial charge on any atom is -0.493 e. The predicted octanol–water partition coefficient (Wildman–Crippen LogP) is 2.54. The van der Waals surface area contributed by atoms with E-state index in [2.05, 4.69) is 20.8 Å². The molecule has 1 saturated heterocycles. The van der Waals surface area contributed by atoms with E-state index >= 15 is 0 Å². The highest BCUT2D eigenvalue weighted by atomic mass is 16.5. The molecule has 0 saturated carbocycles. The lowest BCUT2D eigenvalue weighted by atomic mass is 10.1. The minimum atomic E-state index is 0.0298. The predicted molar refractivity (Wildman–Crippen MR) is 91.0 cm³/mol. The molecule has 0 aliphatic carbocycles. The smallest absolute Gasteiger partial charge is 0.254 e. The van der Waals surface area contributed by atoms with Crippen molar-refractivity contribution < 1.29 is 14.3 Å². The van der Waals surface area contributed by atoms with Gasteiger partial charge in [0.15, 0.2) is 11.5 Å². The van der Waals surface area contributed by atoms with Crippen LogP contribution in [0.2, 0.25) is 0 Å². The number of nitrogens with zero attached hydrogens (tertiary/aromatic N) is 1. The summed E-state index contributed by atoms with van der Waals surface area (Å²) in [4.78, 5) is 14.7. The number of hydrogen-bond donors (Lipinski definition) is 1. The van der Waals surface area contributed by atoms with Crippen molar-refractivity contribution in [2.45, 2.75) is 33.2 Å². The topological polar surface area (TPSA) is 64.8 Å². The number of hydrogen-bond acceptors (Lipinski definition) is 4. The van der Waals surface area contributed by atoms with E-state index in [0.717, 1.165) is 13.0 Å². The molecule has 128 valence electrons. The number of likely N-dealkylation sites (tertiary alicyclic amines) is 1. The number of rotatable bonds is 6. The number of nitrogens with two attached hydrogens (primary N) is 1. The van der Waals surface area contributed by atoms with Crippen molar-refractivity contribution >= 4 is 5.91 Å². The molecule has 1 amide bonds. The summed E-state index contributed by atoms with van der Waals surface area (Å²) >= 11 is 0. The SMILES string of the molecule is COc1cc(C(=O)N2CC(CN)CC2C)ccc1OCC(C)C. The number of amides is 1. The normalized spacial score (nSPS) is 20.9. The summed E-state index contributed by atoms with van der Waals surface area (Å²) in [5, 5.41) is 0. The van der Waals surface area contributed by atoms with Gasteiger partial charge >= 0.3 is 0 Å². The second-order valence-corrected chi connectivity index (χ2v) is 6.71. The fraction of sp³-hybridized carbons (Fsp3) is 0.611. The second kappa shape index (κ2) is 7.68. The summed E-state index contributed by atoms with van der Waals surface area (Å²) in [5.74, 6) is 2.12. The lowest BCUT2D eigenvalue weighted by Crippen LogP contribution is -2.34. The molecule has 1 heterocycles. The molecule has 23 heavy (non-hydrogen) atoms. The van der Waals surface area contributed by atoms with Gasteiger partial charge in [0.1, 0.15) is 0 Å². The van der Waals surface area contributed by atoms with Gasteiger partial charge in [0, 0.05) is 18.2 Å². The Morgan fingerprint density at radius 2 is 2.13 bits per heavy atom. The van der Waals surface area contributed by atoms with E-state index in [0.29, 0.717) is 42.0 Å². The molecule has 1 aromatic carbocycles. The largest absolute Gasteiger partial charge is 0.493 e. The molecule has 0 bridgehead atoms. The quantitative estimate of drug-likeness (QED) is 0.875. The van der Waals surface area contributed by atoms with E-state index in [9.17, 15) is 4.79 Å². The zero-order valence-corrected chi connectivity index (χ0v) is 14.5. The van der Waals surface area contributed by atoms with E-state index in [1.807, 2.05) is 17.0 Å². The second-order valence-electron chi connectivity index (χ2n) is 6.71. The van der Waals surface area contributed by atoms with Crippen molar-refractivity contribution in [3.8, 4) is 11.5 Å². The number of carbonyl (C=O) groups is 1. The van der Waals surface area contributed by atoms with Crippen molar-refractivity contribution in [3.05, 3.63) is 23.8 Å². The van der Waals surface area contributed by atoms with E-state index in [1.54, 1.807) is 13.2 Å². The van der Waals surface area contributed by atoms with Crippen LogP contribution in [0.15, 0.2) is 18.2 Å². The first-order valence-corrected chi connectivity index (χ1v) is 8.28. The lowest BCUT2D eigenvalue weighted by molar-refractivity contribution is 0.0743. The zero-order chi connectivity index (χ0) is 17.0. The molecule has 2 unspecified atom stereocenters. The van der Waals surface area contributed by atoms with Crippen LogP contribution in [-0.4, -0.2) is 43.7 Å². The van der Waals surface area contributed by atoms with Gasteiger partial charge in [-0.25, -0.2) is 0 Å². The molecule has 1 aliphatic rings. The summed E-state index contributed by atoms with van der Waals surface area (Å²) in [6.07, 6.45) is 0.967. The van der Waals surface area contributed by atoms with Crippen LogP contribution in [-0.2, 0) is 0 Å². The third-order valence-corrected chi connectivity index (χ3v) is 4.24. The monoisotopic (exact) mass is 320 g/mol. The minimum absolute atomic E-state index is 0.0298. The number of methoxy groups -OCH3 is 1. The highest BCUT2D eigenvalue weighted by Gasteiger charge is 2.32. The van der Waals surface area contributed by atoms with Crippen LogP contribution in [0.4, 0.5) is 0 Å². The first-order valence-electron chi connectivity index (χ1n) is 8.28. The van der Waals surface area contributed by atoms with Crippen LogP contribution < -0.4 is 15.2 Å². The van der Waals surface area contributed by atoms with Crippen molar-refractivity contribution in [2.24, 2.45) is 17.6 Å². The van der Waals surface area contributed by atoms with Crippen LogP contribution in [0.3, 0.4) is 0 Å². The van der Waals surface area contributed by atoms with Crippen LogP contribution in [0.25, 0.3) is 0 Å². The standard InChI is InChI=1S/C18H28N2O3/c1-12(2)11-23-16-6-5-15(8-17(16)22-4)18(21)20-10-14(9-19)7-13(20)3/h5-6,8,12-14H,7,9-11,19H2,1-4H3. The molecular formula is C18H28N2O3. The van der Waals surface area contributed by atoms with Crippen molar-refractivity contribution in [2.75, 3.05) is 26.8 Å². The number of carbonyl (C=O) groups excluding carboxylic acids is 1. The molecule has 0 radical (unpaired) electrons. The Morgan fingerprint density at radius 1 is 1.39 bits per heavy atom. The fourth-order valence-electron chi connectivity index (χ4n) is 2.94. The molecule has 5 nitrogen and oxygen atoms in total. The average molecular weight is 320 g/mol. The van der Waals surface area contributed by atoms with E-state index < -0.39 is 0 Å². The fourth-order valence-corrected chi connectivity index (χ4v) is 2.94. The van der Waals surface area contributed by atoms with Crippen LogP contribution in [0.5, 0.6) is 11.5 Å². The van der Waals surface area contributed by atoms with Gasteiger partial charge in [0.25, 0.3) is 5.91 Å². The molecule has 2 N–H and O–H groups in total. The van der Waals surface area contributed by atoms with Crippen LogP contribution >= 0.6 is 0 Å². The van der Waals surface area contributed by atoms with Crippen molar-refractivity contribution in [1.82, 2.24) is 4.90 Å². The van der Waals surface area contributed by atoms with Gasteiger partial charge in [-0.05, 0) is 49.9 Å². The Hall–Kier alpha value is -1.75. The van der Waals surface area contributed by atoms with Crippen LogP contribution in [0.1, 0.15) is 37.6 Å². The maximum Gasteiger partial charge on any atom is 0.254 e. The molecular weight excluding hydrogens is 292 g/mol. The Morgan fingerprint density at radius 3 is 2.70 bits per heavy atom. The maximum atomic E-state index is 12.8. The molecule has 1 aliphatic heterocycles. The van der Waals surface area contributed by atoms with Gasteiger partial charge in [0.2, 0.25) is 0 Å². The van der Waals surface area contributed by atoms with Crippen molar-refractivity contribution in [3.63, 3.8) is 0 Å². The van der Waals surface area contributed by atoms with E-state index in [-0.39, 0.29) is 11.9 Å². The van der Waals surface area contributed by atoms with Gasteiger partial charge < -0.3 is 20.1 Å². The summed E-state index contributed by atoms with van der Waals surface area (Å²) < 4.78 is 11.1. The summed E-state index contributed by atoms with van der Waals surface area (Å²) in [5.41, 5.74) is 6.37. The molecule has 5 heteroatoms. The van der Waals surface area contributed by atoms with Gasteiger partial charge in [-0.15, -0.1) is 0 Å². The Labute approximate surface area is 138 Å². The maximum absolute atomic E-state index is 12.8. The zero-order valence-electron chi connectivity index (χ0n) is 14.5. The van der Waals surface area contributed by atoms with Gasteiger partial charge in [-0.2, -0.15) is 0 Å². The Bertz CT molecular complexity index is 545. The average Bonchev–Trinajstić information content (AvgIpc) is 2.93. The third kappa shape index (κ3) is 4.16. The van der Waals surface area contributed by atoms with E-state index in [4.69, 9.17) is 15.2 Å². The summed E-state index contributed by atoms with van der Waals surface area (Å²) in [7, 11) is 1.59. The molecule has 1 aromatic rings. The lowest BCUT2D eigenvalue weighted by Gasteiger charge is -2.22. The molecule has 2 rings (SSSR count). The van der Waals surface area contributed by atoms with Gasteiger partial charge in [-0.1, -0.05) is 13.8 Å². The molecule has 2 atom stereocenters. The summed E-state index contributed by atoms with van der Waals surface area (Å²) in [6.45, 7) is 8.22. The molecule has 1 fully saturated rings. The van der Waals surface area contributed by atoms with Crippen LogP contribution in [0, 0.1) is 11.8 Å². The molecule has 0 spiro atoms. The Balaban J connectivity index is 2.15. The molecule has 0 aromatic heterocycles. The van der Waals surface area contributed by atoms with E-state index in [1.165, 1.54) is 0 Å². The first-order chi connectivity index (χ1) is 11.0. The number of benzene rings is 1. The highest BCUT2D eigenvalue weighted by Crippen LogP contribution is 2.30. The third-order valence-electron chi connectivity index (χ3n) is 4.24. The van der Waals surface area contributed by atoms with Gasteiger partial charge in [0.05, 0.1) is 13.7 Å².